The Kier molecular flexibility index (Phi) is 3.07. The highest BCUT2D eigenvalue weighted by molar-refractivity contribution is 5.96. The molecule has 3 saturated carbocycles. The van der Waals surface area contributed by atoms with Crippen LogP contribution in [-0.4, -0.2) is 30.1 Å². The lowest BCUT2D eigenvalue weighted by Crippen LogP contribution is -2.72. The molecule has 1 aliphatic heterocycles. The van der Waals surface area contributed by atoms with Crippen molar-refractivity contribution in [3.8, 4) is 0 Å². The molecule has 7 heteroatoms. The van der Waals surface area contributed by atoms with E-state index >= 15 is 0 Å². The van der Waals surface area contributed by atoms with Crippen molar-refractivity contribution in [3.05, 3.63) is 35.4 Å². The van der Waals surface area contributed by atoms with E-state index in [2.05, 4.69) is 10.4 Å². The van der Waals surface area contributed by atoms with Crippen LogP contribution in [0.4, 0.5) is 8.78 Å². The third-order valence-corrected chi connectivity index (χ3v) is 5.50. The Hall–Kier alpha value is -2.31. The Bertz CT molecular complexity index is 743. The van der Waals surface area contributed by atoms with Crippen LogP contribution in [0.2, 0.25) is 0 Å². The fourth-order valence-corrected chi connectivity index (χ4v) is 4.42. The predicted molar refractivity (Wildman–Crippen MR) is 84.0 cm³/mol. The number of nitrogens with zero attached hydrogens (tertiary/aromatic N) is 2. The van der Waals surface area contributed by atoms with Crippen LogP contribution in [0.15, 0.2) is 23.3 Å². The van der Waals surface area contributed by atoms with E-state index in [9.17, 15) is 18.4 Å². The second-order valence-electron chi connectivity index (χ2n) is 7.07. The van der Waals surface area contributed by atoms with Gasteiger partial charge in [-0.1, -0.05) is 0 Å². The smallest absolute Gasteiger partial charge is 0.249 e. The maximum Gasteiger partial charge on any atom is 0.249 e. The standard InChI is InChI=1S/C17H17F2N3O2.H2/c1-20-14(23)16-7-17(8-16,9-16)15(24)22-13(2-3-21-22)10-4-11(18)6-12(19)5-10;/h3-6,13H,2,7-9H2,1H3,(H,20,23);1H. The average molecular weight is 335 g/mol. The average Bonchev–Trinajstić information content (AvgIpc) is 2.92. The Balaban J connectivity index is 0.00000182. The fourth-order valence-electron chi connectivity index (χ4n) is 4.42. The molecule has 2 bridgehead atoms. The van der Waals surface area contributed by atoms with E-state index in [-0.39, 0.29) is 13.2 Å². The maximum absolute atomic E-state index is 13.5. The van der Waals surface area contributed by atoms with Gasteiger partial charge in [-0.3, -0.25) is 9.59 Å². The third-order valence-electron chi connectivity index (χ3n) is 5.50. The second-order valence-corrected chi connectivity index (χ2v) is 7.07. The Labute approximate surface area is 139 Å². The molecule has 1 N–H and O–H groups in total. The molecule has 0 radical (unpaired) electrons. The van der Waals surface area contributed by atoms with Gasteiger partial charge in [0.1, 0.15) is 11.6 Å². The van der Waals surface area contributed by atoms with Crippen molar-refractivity contribution in [2.24, 2.45) is 15.9 Å². The fraction of sp³-hybridized carbons (Fsp3) is 0.471. The summed E-state index contributed by atoms with van der Waals surface area (Å²) in [5, 5.41) is 8.10. The minimum Gasteiger partial charge on any atom is -0.359 e. The van der Waals surface area contributed by atoms with Crippen molar-refractivity contribution < 1.29 is 19.8 Å². The van der Waals surface area contributed by atoms with Crippen LogP contribution in [0.25, 0.3) is 0 Å². The first-order valence-corrected chi connectivity index (χ1v) is 7.93. The quantitative estimate of drug-likeness (QED) is 0.922. The number of benzene rings is 1. The minimum atomic E-state index is -0.673. The summed E-state index contributed by atoms with van der Waals surface area (Å²) < 4.78 is 27.0. The highest BCUT2D eigenvalue weighted by atomic mass is 19.1. The molecule has 4 aliphatic rings. The number of hydrogen-bond acceptors (Lipinski definition) is 3. The monoisotopic (exact) mass is 335 g/mol. The largest absolute Gasteiger partial charge is 0.359 e. The summed E-state index contributed by atoms with van der Waals surface area (Å²) in [4.78, 5) is 24.7. The van der Waals surface area contributed by atoms with Gasteiger partial charge in [0.2, 0.25) is 11.8 Å². The van der Waals surface area contributed by atoms with Gasteiger partial charge < -0.3 is 5.32 Å². The van der Waals surface area contributed by atoms with Gasteiger partial charge in [-0.15, -0.1) is 0 Å². The summed E-state index contributed by atoms with van der Waals surface area (Å²) in [5.74, 6) is -1.52. The second kappa shape index (κ2) is 4.84. The molecule has 128 valence electrons. The van der Waals surface area contributed by atoms with Crippen LogP contribution in [0.3, 0.4) is 0 Å². The number of rotatable bonds is 3. The Morgan fingerprint density at radius 1 is 1.21 bits per heavy atom. The molecule has 1 heterocycles. The molecule has 5 rings (SSSR count). The summed E-state index contributed by atoms with van der Waals surface area (Å²) in [6.07, 6.45) is 3.58. The molecule has 3 aliphatic carbocycles. The molecular formula is C17H19F2N3O2. The van der Waals surface area contributed by atoms with E-state index in [1.165, 1.54) is 17.1 Å². The zero-order valence-corrected chi connectivity index (χ0v) is 13.2. The Morgan fingerprint density at radius 2 is 1.83 bits per heavy atom. The number of hydrogen-bond donors (Lipinski definition) is 1. The SMILES string of the molecule is CNC(=O)C12CC(C(=O)N3N=CCC3c3cc(F)cc(F)c3)(C1)C2.[HH]. The van der Waals surface area contributed by atoms with Crippen molar-refractivity contribution in [3.63, 3.8) is 0 Å². The number of nitrogens with one attached hydrogen (secondary N) is 1. The summed E-state index contributed by atoms with van der Waals surface area (Å²) in [6, 6.07) is 2.78. The molecule has 1 aromatic rings. The highest BCUT2D eigenvalue weighted by Crippen LogP contribution is 2.74. The van der Waals surface area contributed by atoms with E-state index in [0.717, 1.165) is 6.07 Å². The van der Waals surface area contributed by atoms with Crippen LogP contribution in [-0.2, 0) is 9.59 Å². The van der Waals surface area contributed by atoms with Crippen LogP contribution < -0.4 is 5.32 Å². The van der Waals surface area contributed by atoms with Gasteiger partial charge >= 0.3 is 0 Å². The number of amides is 2. The topological polar surface area (TPSA) is 61.8 Å². The molecule has 1 atom stereocenters. The third kappa shape index (κ3) is 1.93. The summed E-state index contributed by atoms with van der Waals surface area (Å²) in [6.45, 7) is 0. The number of halogens is 2. The highest BCUT2D eigenvalue weighted by Gasteiger charge is 2.75. The van der Waals surface area contributed by atoms with Crippen molar-refractivity contribution in [1.29, 1.82) is 0 Å². The van der Waals surface area contributed by atoms with Gasteiger partial charge in [0.05, 0.1) is 16.9 Å². The first kappa shape index (κ1) is 15.2. The van der Waals surface area contributed by atoms with Crippen LogP contribution >= 0.6 is 0 Å². The molecule has 0 spiro atoms. The zero-order chi connectivity index (χ0) is 17.1. The first-order chi connectivity index (χ1) is 11.4. The molecule has 24 heavy (non-hydrogen) atoms. The molecule has 1 aromatic carbocycles. The van der Waals surface area contributed by atoms with E-state index < -0.39 is 28.5 Å². The van der Waals surface area contributed by atoms with Crippen LogP contribution in [0, 0.1) is 22.5 Å². The van der Waals surface area contributed by atoms with Gasteiger partial charge in [-0.2, -0.15) is 5.10 Å². The predicted octanol–water partition coefficient (Wildman–Crippen LogP) is 2.39. The molecule has 2 amide bonds. The number of carbonyl (C=O) groups is 2. The van der Waals surface area contributed by atoms with Crippen molar-refractivity contribution in [1.82, 2.24) is 10.3 Å². The number of carbonyl (C=O) groups excluding carboxylic acids is 2. The summed E-state index contributed by atoms with van der Waals surface area (Å²) in [5.41, 5.74) is -0.557. The molecule has 0 saturated heterocycles. The van der Waals surface area contributed by atoms with Crippen LogP contribution in [0.1, 0.15) is 38.7 Å². The zero-order valence-electron chi connectivity index (χ0n) is 13.2. The summed E-state index contributed by atoms with van der Waals surface area (Å²) in [7, 11) is 1.59. The van der Waals surface area contributed by atoms with Crippen molar-refractivity contribution >= 4 is 18.0 Å². The summed E-state index contributed by atoms with van der Waals surface area (Å²) >= 11 is 0. The van der Waals surface area contributed by atoms with Gasteiger partial charge in [0.25, 0.3) is 0 Å². The van der Waals surface area contributed by atoms with E-state index in [1.807, 2.05) is 0 Å². The first-order valence-electron chi connectivity index (χ1n) is 7.93. The van der Waals surface area contributed by atoms with Crippen molar-refractivity contribution in [2.75, 3.05) is 7.05 Å². The van der Waals surface area contributed by atoms with Crippen molar-refractivity contribution in [2.45, 2.75) is 31.7 Å². The van der Waals surface area contributed by atoms with Gasteiger partial charge in [-0.25, -0.2) is 13.8 Å². The van der Waals surface area contributed by atoms with Gasteiger partial charge in [0.15, 0.2) is 0 Å². The molecule has 5 nitrogen and oxygen atoms in total. The lowest BCUT2D eigenvalue weighted by molar-refractivity contribution is -0.216. The normalized spacial score (nSPS) is 33.0. The minimum absolute atomic E-state index is 0. The van der Waals surface area contributed by atoms with Crippen LogP contribution in [0.5, 0.6) is 0 Å². The molecule has 3 fully saturated rings. The molecule has 1 unspecified atom stereocenters. The van der Waals surface area contributed by atoms with E-state index in [1.54, 1.807) is 13.3 Å². The molecular weight excluding hydrogens is 316 g/mol. The molecule has 0 aromatic heterocycles. The number of hydrazone groups is 1. The van der Waals surface area contributed by atoms with E-state index in [0.29, 0.717) is 31.2 Å². The van der Waals surface area contributed by atoms with Gasteiger partial charge in [-0.05, 0) is 37.0 Å². The van der Waals surface area contributed by atoms with E-state index in [4.69, 9.17) is 0 Å². The van der Waals surface area contributed by atoms with Gasteiger partial charge in [0, 0.05) is 27.2 Å². The lowest BCUT2D eigenvalue weighted by Gasteiger charge is -2.68. The maximum atomic E-state index is 13.5. The lowest BCUT2D eigenvalue weighted by atomic mass is 9.34. The Morgan fingerprint density at radius 3 is 2.42 bits per heavy atom.